The third kappa shape index (κ3) is 4.30. The second-order valence-electron chi connectivity index (χ2n) is 3.75. The molecule has 0 amide bonds. The van der Waals surface area contributed by atoms with Gasteiger partial charge in [0, 0.05) is 18.5 Å². The van der Waals surface area contributed by atoms with Crippen LogP contribution in [0.15, 0.2) is 0 Å². The summed E-state index contributed by atoms with van der Waals surface area (Å²) in [5, 5.41) is 0. The van der Waals surface area contributed by atoms with E-state index in [9.17, 15) is 0 Å². The number of ether oxygens (including phenoxy) is 1. The van der Waals surface area contributed by atoms with Crippen LogP contribution in [-0.4, -0.2) is 43.6 Å². The predicted octanol–water partition coefficient (Wildman–Crippen LogP) is 2.12. The van der Waals surface area contributed by atoms with Crippen LogP contribution in [0.2, 0.25) is 0 Å². The van der Waals surface area contributed by atoms with Gasteiger partial charge in [-0.25, -0.2) is 0 Å². The highest BCUT2D eigenvalue weighted by Crippen LogP contribution is 2.11. The van der Waals surface area contributed by atoms with Crippen molar-refractivity contribution in [2.75, 3.05) is 32.7 Å². The first-order valence-electron chi connectivity index (χ1n) is 5.18. The molecule has 0 saturated carbocycles. The molecule has 0 aromatic rings. The SMILES string of the molecule is CN(CCCCCCl)C1CCOC1. The van der Waals surface area contributed by atoms with E-state index in [1.54, 1.807) is 0 Å². The van der Waals surface area contributed by atoms with Crippen molar-refractivity contribution in [3.63, 3.8) is 0 Å². The van der Waals surface area contributed by atoms with Crippen LogP contribution in [0.3, 0.4) is 0 Å². The van der Waals surface area contributed by atoms with Crippen LogP contribution in [0.25, 0.3) is 0 Å². The summed E-state index contributed by atoms with van der Waals surface area (Å²) in [6.45, 7) is 3.05. The Balaban J connectivity index is 1.99. The van der Waals surface area contributed by atoms with Crippen LogP contribution in [-0.2, 0) is 4.74 Å². The first-order chi connectivity index (χ1) is 6.34. The van der Waals surface area contributed by atoms with Gasteiger partial charge >= 0.3 is 0 Å². The maximum atomic E-state index is 5.61. The van der Waals surface area contributed by atoms with Crippen molar-refractivity contribution < 1.29 is 4.74 Å². The molecule has 0 radical (unpaired) electrons. The van der Waals surface area contributed by atoms with Gasteiger partial charge in [0.2, 0.25) is 0 Å². The van der Waals surface area contributed by atoms with Crippen LogP contribution in [0.5, 0.6) is 0 Å². The van der Waals surface area contributed by atoms with Crippen molar-refractivity contribution in [3.05, 3.63) is 0 Å². The number of nitrogens with zero attached hydrogens (tertiary/aromatic N) is 1. The largest absolute Gasteiger partial charge is 0.380 e. The molecule has 0 aliphatic carbocycles. The lowest BCUT2D eigenvalue weighted by atomic mass is 10.2. The van der Waals surface area contributed by atoms with Gasteiger partial charge in [0.15, 0.2) is 0 Å². The maximum absolute atomic E-state index is 5.61. The van der Waals surface area contributed by atoms with Gasteiger partial charge in [0.05, 0.1) is 6.61 Å². The average molecular weight is 206 g/mol. The zero-order valence-electron chi connectivity index (χ0n) is 8.47. The minimum absolute atomic E-state index is 0.663. The first kappa shape index (κ1) is 11.3. The lowest BCUT2D eigenvalue weighted by Crippen LogP contribution is -2.32. The molecule has 1 rings (SSSR count). The van der Waals surface area contributed by atoms with Gasteiger partial charge in [-0.1, -0.05) is 6.42 Å². The van der Waals surface area contributed by atoms with Crippen LogP contribution >= 0.6 is 11.6 Å². The molecule has 1 aliphatic rings. The van der Waals surface area contributed by atoms with E-state index >= 15 is 0 Å². The molecule has 13 heavy (non-hydrogen) atoms. The van der Waals surface area contributed by atoms with Crippen molar-refractivity contribution >= 4 is 11.6 Å². The molecule has 3 heteroatoms. The molecular formula is C10H20ClNO. The lowest BCUT2D eigenvalue weighted by molar-refractivity contribution is 0.158. The van der Waals surface area contributed by atoms with Crippen LogP contribution < -0.4 is 0 Å². The summed E-state index contributed by atoms with van der Waals surface area (Å²) in [5.41, 5.74) is 0. The zero-order chi connectivity index (χ0) is 9.52. The Kier molecular flexibility index (Phi) is 5.76. The van der Waals surface area contributed by atoms with Crippen LogP contribution in [0.4, 0.5) is 0 Å². The van der Waals surface area contributed by atoms with Crippen LogP contribution in [0.1, 0.15) is 25.7 Å². The molecule has 78 valence electrons. The second kappa shape index (κ2) is 6.63. The van der Waals surface area contributed by atoms with E-state index in [1.807, 2.05) is 0 Å². The van der Waals surface area contributed by atoms with Gasteiger partial charge in [0.1, 0.15) is 0 Å². The zero-order valence-corrected chi connectivity index (χ0v) is 9.22. The summed E-state index contributed by atoms with van der Waals surface area (Å²) in [5.74, 6) is 0.802. The Morgan fingerprint density at radius 2 is 2.23 bits per heavy atom. The van der Waals surface area contributed by atoms with Crippen molar-refractivity contribution in [1.82, 2.24) is 4.90 Å². The van der Waals surface area contributed by atoms with Gasteiger partial charge in [0.25, 0.3) is 0 Å². The normalized spacial score (nSPS) is 22.8. The van der Waals surface area contributed by atoms with E-state index in [1.165, 1.54) is 25.8 Å². The van der Waals surface area contributed by atoms with Crippen molar-refractivity contribution in [2.45, 2.75) is 31.7 Å². The molecule has 0 spiro atoms. The van der Waals surface area contributed by atoms with Crippen molar-refractivity contribution in [1.29, 1.82) is 0 Å². The van der Waals surface area contributed by atoms with Gasteiger partial charge < -0.3 is 9.64 Å². The Hall–Kier alpha value is 0.210. The molecule has 0 aromatic carbocycles. The van der Waals surface area contributed by atoms with Gasteiger partial charge in [-0.15, -0.1) is 11.6 Å². The molecule has 1 heterocycles. The highest BCUT2D eigenvalue weighted by molar-refractivity contribution is 6.17. The summed E-state index contributed by atoms with van der Waals surface area (Å²) in [6.07, 6.45) is 4.86. The van der Waals surface area contributed by atoms with Gasteiger partial charge in [-0.3, -0.25) is 0 Å². The fourth-order valence-corrected chi connectivity index (χ4v) is 1.87. The van der Waals surface area contributed by atoms with E-state index in [4.69, 9.17) is 16.3 Å². The molecule has 1 unspecified atom stereocenters. The number of hydrogen-bond acceptors (Lipinski definition) is 2. The monoisotopic (exact) mass is 205 g/mol. The molecule has 1 saturated heterocycles. The molecule has 2 nitrogen and oxygen atoms in total. The number of unbranched alkanes of at least 4 members (excludes halogenated alkanes) is 2. The number of rotatable bonds is 6. The summed E-state index contributed by atoms with van der Waals surface area (Å²) >= 11 is 5.61. The summed E-state index contributed by atoms with van der Waals surface area (Å²) in [6, 6.07) is 0.663. The molecular weight excluding hydrogens is 186 g/mol. The number of hydrogen-bond donors (Lipinski definition) is 0. The molecule has 1 fully saturated rings. The number of likely N-dealkylation sites (N-methyl/N-ethyl adjacent to an activating group) is 1. The standard InChI is InChI=1S/C10H20ClNO/c1-12(7-4-2-3-6-11)10-5-8-13-9-10/h10H,2-9H2,1H3. The van der Waals surface area contributed by atoms with E-state index in [2.05, 4.69) is 11.9 Å². The fraction of sp³-hybridized carbons (Fsp3) is 1.00. The van der Waals surface area contributed by atoms with Gasteiger partial charge in [-0.05, 0) is 32.9 Å². The minimum Gasteiger partial charge on any atom is -0.380 e. The van der Waals surface area contributed by atoms with E-state index in [-0.39, 0.29) is 0 Å². The third-order valence-electron chi connectivity index (χ3n) is 2.67. The Bertz CT molecular complexity index is 126. The third-order valence-corrected chi connectivity index (χ3v) is 2.94. The Morgan fingerprint density at radius 1 is 1.38 bits per heavy atom. The quantitative estimate of drug-likeness (QED) is 0.487. The molecule has 0 aromatic heterocycles. The molecule has 0 N–H and O–H groups in total. The summed E-state index contributed by atoms with van der Waals surface area (Å²) in [7, 11) is 2.19. The van der Waals surface area contributed by atoms with E-state index < -0.39 is 0 Å². The molecule has 1 aliphatic heterocycles. The number of alkyl halides is 1. The maximum Gasteiger partial charge on any atom is 0.0622 e. The van der Waals surface area contributed by atoms with E-state index in [0.29, 0.717) is 6.04 Å². The smallest absolute Gasteiger partial charge is 0.0622 e. The first-order valence-corrected chi connectivity index (χ1v) is 5.72. The highest BCUT2D eigenvalue weighted by Gasteiger charge is 2.19. The van der Waals surface area contributed by atoms with Crippen LogP contribution in [0, 0.1) is 0 Å². The topological polar surface area (TPSA) is 12.5 Å². The molecule has 1 atom stereocenters. The fourth-order valence-electron chi connectivity index (χ4n) is 1.68. The van der Waals surface area contributed by atoms with E-state index in [0.717, 1.165) is 25.5 Å². The average Bonchev–Trinajstić information content (AvgIpc) is 2.65. The highest BCUT2D eigenvalue weighted by atomic mass is 35.5. The Morgan fingerprint density at radius 3 is 2.85 bits per heavy atom. The Labute approximate surface area is 86.2 Å². The lowest BCUT2D eigenvalue weighted by Gasteiger charge is -2.22. The predicted molar refractivity (Wildman–Crippen MR) is 56.4 cm³/mol. The molecule has 0 bridgehead atoms. The van der Waals surface area contributed by atoms with Crippen molar-refractivity contribution in [3.8, 4) is 0 Å². The van der Waals surface area contributed by atoms with Gasteiger partial charge in [-0.2, -0.15) is 0 Å². The second-order valence-corrected chi connectivity index (χ2v) is 4.13. The van der Waals surface area contributed by atoms with Crippen molar-refractivity contribution in [2.24, 2.45) is 0 Å². The number of halogens is 1. The summed E-state index contributed by atoms with van der Waals surface area (Å²) < 4.78 is 5.34. The summed E-state index contributed by atoms with van der Waals surface area (Å²) in [4.78, 5) is 2.42. The minimum atomic E-state index is 0.663.